The number of thiazole rings is 1. The lowest BCUT2D eigenvalue weighted by Crippen LogP contribution is -2.50. The molecule has 4 rings (SSSR count). The van der Waals surface area contributed by atoms with E-state index < -0.39 is 35.8 Å². The molecule has 1 aliphatic heterocycles. The van der Waals surface area contributed by atoms with Gasteiger partial charge in [-0.25, -0.2) is 18.4 Å². The summed E-state index contributed by atoms with van der Waals surface area (Å²) in [4.78, 5) is 18.6. The largest absolute Gasteiger partial charge is 0.408 e. The summed E-state index contributed by atoms with van der Waals surface area (Å²) in [6.45, 7) is 1.86. The molecule has 0 aliphatic carbocycles. The molecule has 182 valence electrons. The fourth-order valence-corrected chi connectivity index (χ4v) is 4.57. The number of nitrogens with zero attached hydrogens (tertiary/aromatic N) is 4. The Hall–Kier alpha value is -3.26. The number of carbonyl (C=O) groups is 1. The van der Waals surface area contributed by atoms with Crippen LogP contribution in [0.4, 0.5) is 38.5 Å². The number of benzene rings is 1. The SMILES string of the molecule is C[C@H]1CN(c2c(NC(=O)c3nc(-c4c(F)cccc4F)sc3N)cnn2CC(F)(F)F)CCN1. The van der Waals surface area contributed by atoms with Crippen LogP contribution in [0.25, 0.3) is 10.6 Å². The number of anilines is 3. The van der Waals surface area contributed by atoms with Gasteiger partial charge in [0, 0.05) is 25.7 Å². The molecule has 0 unspecified atom stereocenters. The van der Waals surface area contributed by atoms with Crippen molar-refractivity contribution in [2.45, 2.75) is 25.7 Å². The quantitative estimate of drug-likeness (QED) is 0.463. The highest BCUT2D eigenvalue weighted by Crippen LogP contribution is 2.35. The number of piperazine rings is 1. The Balaban J connectivity index is 1.65. The predicted molar refractivity (Wildman–Crippen MR) is 118 cm³/mol. The molecule has 0 bridgehead atoms. The fraction of sp³-hybridized carbons (Fsp3) is 0.350. The Morgan fingerprint density at radius 2 is 2.03 bits per heavy atom. The Kier molecular flexibility index (Phi) is 6.45. The van der Waals surface area contributed by atoms with Crippen LogP contribution in [0.15, 0.2) is 24.4 Å². The van der Waals surface area contributed by atoms with Crippen molar-refractivity contribution < 1.29 is 26.7 Å². The molecule has 34 heavy (non-hydrogen) atoms. The molecule has 0 spiro atoms. The maximum absolute atomic E-state index is 14.1. The zero-order valence-corrected chi connectivity index (χ0v) is 18.6. The molecular formula is C20H20F5N7OS. The molecular weight excluding hydrogens is 481 g/mol. The highest BCUT2D eigenvalue weighted by Gasteiger charge is 2.33. The Morgan fingerprint density at radius 3 is 2.68 bits per heavy atom. The van der Waals surface area contributed by atoms with Crippen LogP contribution in [0.5, 0.6) is 0 Å². The number of halogens is 5. The van der Waals surface area contributed by atoms with E-state index in [2.05, 4.69) is 20.7 Å². The van der Waals surface area contributed by atoms with E-state index in [-0.39, 0.29) is 33.2 Å². The first-order chi connectivity index (χ1) is 16.0. The number of nitrogen functional groups attached to an aromatic ring is 1. The molecule has 3 aromatic rings. The molecule has 1 aromatic carbocycles. The third-order valence-corrected chi connectivity index (χ3v) is 6.00. The number of amides is 1. The molecule has 1 saturated heterocycles. The number of carbonyl (C=O) groups excluding carboxylic acids is 1. The van der Waals surface area contributed by atoms with Crippen molar-refractivity contribution in [2.24, 2.45) is 0 Å². The lowest BCUT2D eigenvalue weighted by atomic mass is 10.2. The van der Waals surface area contributed by atoms with Gasteiger partial charge in [-0.2, -0.15) is 18.3 Å². The summed E-state index contributed by atoms with van der Waals surface area (Å²) in [5.41, 5.74) is 5.19. The maximum Gasteiger partial charge on any atom is 0.408 e. The van der Waals surface area contributed by atoms with Crippen LogP contribution < -0.4 is 21.3 Å². The van der Waals surface area contributed by atoms with Gasteiger partial charge in [0.2, 0.25) is 0 Å². The molecule has 8 nitrogen and oxygen atoms in total. The lowest BCUT2D eigenvalue weighted by molar-refractivity contribution is -0.142. The summed E-state index contributed by atoms with van der Waals surface area (Å²) in [6.07, 6.45) is -3.41. The van der Waals surface area contributed by atoms with Gasteiger partial charge in [0.05, 0.1) is 11.8 Å². The van der Waals surface area contributed by atoms with E-state index in [0.717, 1.165) is 34.3 Å². The first-order valence-electron chi connectivity index (χ1n) is 10.2. The number of rotatable bonds is 5. The van der Waals surface area contributed by atoms with Crippen LogP contribution in [-0.4, -0.2) is 52.5 Å². The summed E-state index contributed by atoms with van der Waals surface area (Å²) in [6, 6.07) is 3.28. The number of hydrogen-bond donors (Lipinski definition) is 3. The van der Waals surface area contributed by atoms with E-state index in [4.69, 9.17) is 5.73 Å². The molecule has 4 N–H and O–H groups in total. The molecule has 14 heteroatoms. The highest BCUT2D eigenvalue weighted by atomic mass is 32.1. The van der Waals surface area contributed by atoms with Crippen LogP contribution in [-0.2, 0) is 6.54 Å². The standard InChI is InChI=1S/C20H20F5N7OS/c1-10-8-31(6-5-27-10)19-13(7-28-32(19)9-20(23,24)25)29-17(33)15-16(26)34-18(30-15)14-11(21)3-2-4-12(14)22/h2-4,7,10,27H,5-6,8-9,26H2,1H3,(H,29,33)/t10-/m0/s1. The minimum Gasteiger partial charge on any atom is -0.389 e. The van der Waals surface area contributed by atoms with Crippen LogP contribution in [0.2, 0.25) is 0 Å². The van der Waals surface area contributed by atoms with Crippen LogP contribution >= 0.6 is 11.3 Å². The average molecular weight is 501 g/mol. The molecule has 1 fully saturated rings. The van der Waals surface area contributed by atoms with Crippen molar-refractivity contribution in [2.75, 3.05) is 35.6 Å². The van der Waals surface area contributed by atoms with E-state index in [0.29, 0.717) is 19.6 Å². The van der Waals surface area contributed by atoms with Crippen molar-refractivity contribution in [1.29, 1.82) is 0 Å². The van der Waals surface area contributed by atoms with Gasteiger partial charge >= 0.3 is 6.18 Å². The maximum atomic E-state index is 14.1. The number of aromatic nitrogens is 3. The third-order valence-electron chi connectivity index (χ3n) is 5.10. The van der Waals surface area contributed by atoms with E-state index in [1.54, 1.807) is 4.90 Å². The van der Waals surface area contributed by atoms with Gasteiger partial charge in [-0.15, -0.1) is 0 Å². The molecule has 1 amide bonds. The smallest absolute Gasteiger partial charge is 0.389 e. The summed E-state index contributed by atoms with van der Waals surface area (Å²) in [5, 5.41) is 9.28. The van der Waals surface area contributed by atoms with Gasteiger partial charge in [-0.05, 0) is 19.1 Å². The summed E-state index contributed by atoms with van der Waals surface area (Å²) in [7, 11) is 0. The van der Waals surface area contributed by atoms with Crippen molar-refractivity contribution in [3.63, 3.8) is 0 Å². The van der Waals surface area contributed by atoms with E-state index in [1.165, 1.54) is 6.07 Å². The highest BCUT2D eigenvalue weighted by molar-refractivity contribution is 7.19. The molecule has 2 aromatic heterocycles. The molecule has 0 radical (unpaired) electrons. The molecule has 1 aliphatic rings. The lowest BCUT2D eigenvalue weighted by Gasteiger charge is -2.34. The second-order valence-corrected chi connectivity index (χ2v) is 8.77. The number of alkyl halides is 3. The Bertz CT molecular complexity index is 1190. The molecule has 3 heterocycles. The van der Waals surface area contributed by atoms with E-state index in [9.17, 15) is 26.7 Å². The summed E-state index contributed by atoms with van der Waals surface area (Å²) >= 11 is 0.718. The third kappa shape index (κ3) is 4.97. The summed E-state index contributed by atoms with van der Waals surface area (Å²) in [5.74, 6) is -2.49. The number of nitrogens with one attached hydrogen (secondary N) is 2. The first kappa shape index (κ1) is 23.9. The van der Waals surface area contributed by atoms with Crippen molar-refractivity contribution in [3.8, 4) is 10.6 Å². The monoisotopic (exact) mass is 501 g/mol. The minimum absolute atomic E-state index is 0.000975. The minimum atomic E-state index is -4.53. The van der Waals surface area contributed by atoms with Crippen LogP contribution in [0, 0.1) is 11.6 Å². The van der Waals surface area contributed by atoms with Crippen LogP contribution in [0.3, 0.4) is 0 Å². The molecule has 0 saturated carbocycles. The van der Waals surface area contributed by atoms with Gasteiger partial charge in [0.25, 0.3) is 5.91 Å². The number of hydrogen-bond acceptors (Lipinski definition) is 7. The average Bonchev–Trinajstić information content (AvgIpc) is 3.30. The predicted octanol–water partition coefficient (Wildman–Crippen LogP) is 3.48. The van der Waals surface area contributed by atoms with Crippen LogP contribution in [0.1, 0.15) is 17.4 Å². The van der Waals surface area contributed by atoms with Gasteiger partial charge in [0.1, 0.15) is 33.9 Å². The molecule has 1 atom stereocenters. The van der Waals surface area contributed by atoms with E-state index in [1.807, 2.05) is 6.92 Å². The second-order valence-electron chi connectivity index (χ2n) is 7.74. The fourth-order valence-electron chi connectivity index (χ4n) is 3.70. The normalized spacial score (nSPS) is 16.6. The number of nitrogens with two attached hydrogens (primary N) is 1. The van der Waals surface area contributed by atoms with Gasteiger partial charge < -0.3 is 21.3 Å². The second kappa shape index (κ2) is 9.18. The van der Waals surface area contributed by atoms with Gasteiger partial charge in [-0.3, -0.25) is 4.79 Å². The van der Waals surface area contributed by atoms with Gasteiger partial charge in [0.15, 0.2) is 11.5 Å². The summed E-state index contributed by atoms with van der Waals surface area (Å²) < 4.78 is 68.4. The first-order valence-corrected chi connectivity index (χ1v) is 11.0. The topological polar surface area (TPSA) is 101 Å². The van der Waals surface area contributed by atoms with Crippen molar-refractivity contribution in [1.82, 2.24) is 20.1 Å². The zero-order valence-electron chi connectivity index (χ0n) is 17.8. The van der Waals surface area contributed by atoms with E-state index >= 15 is 0 Å². The Labute approximate surface area is 194 Å². The van der Waals surface area contributed by atoms with Gasteiger partial charge in [-0.1, -0.05) is 17.4 Å². The Morgan fingerprint density at radius 1 is 1.32 bits per heavy atom. The zero-order chi connectivity index (χ0) is 24.6. The van der Waals surface area contributed by atoms with Crippen molar-refractivity contribution in [3.05, 3.63) is 41.7 Å². The van der Waals surface area contributed by atoms with Crippen molar-refractivity contribution >= 4 is 33.8 Å².